The van der Waals surface area contributed by atoms with Crippen LogP contribution in [0.2, 0.25) is 0 Å². The maximum atomic E-state index is 11.7. The number of hydrogen-bond donors (Lipinski definition) is 2. The van der Waals surface area contributed by atoms with Gasteiger partial charge in [-0.2, -0.15) is 0 Å². The van der Waals surface area contributed by atoms with Crippen molar-refractivity contribution in [3.8, 4) is 0 Å². The summed E-state index contributed by atoms with van der Waals surface area (Å²) in [5.74, 6) is -0.466. The number of H-pyrrole nitrogens is 1. The standard InChI is InChI=1S/C10H15N3O3/c1-4-6(2)12-8(14)7-5-11-10(16)13(3)9(7)15/h5-6H,4H2,1-3H3,(H,11,16)(H,12,14). The zero-order valence-electron chi connectivity index (χ0n) is 9.53. The summed E-state index contributed by atoms with van der Waals surface area (Å²) < 4.78 is 0.867. The van der Waals surface area contributed by atoms with E-state index >= 15 is 0 Å². The monoisotopic (exact) mass is 225 g/mol. The van der Waals surface area contributed by atoms with Crippen molar-refractivity contribution < 1.29 is 4.79 Å². The maximum Gasteiger partial charge on any atom is 0.328 e. The third-order valence-electron chi connectivity index (χ3n) is 2.41. The molecule has 1 rings (SSSR count). The van der Waals surface area contributed by atoms with Gasteiger partial charge in [-0.05, 0) is 13.3 Å². The molecule has 0 saturated carbocycles. The molecule has 0 aliphatic carbocycles. The average Bonchev–Trinajstić information content (AvgIpc) is 2.25. The number of aromatic nitrogens is 2. The van der Waals surface area contributed by atoms with Gasteiger partial charge in [-0.1, -0.05) is 6.92 Å². The van der Waals surface area contributed by atoms with Crippen LogP contribution in [0.4, 0.5) is 0 Å². The number of aromatic amines is 1. The lowest BCUT2D eigenvalue weighted by atomic mass is 10.2. The van der Waals surface area contributed by atoms with Crippen molar-refractivity contribution in [3.05, 3.63) is 32.6 Å². The van der Waals surface area contributed by atoms with Crippen LogP contribution >= 0.6 is 0 Å². The SMILES string of the molecule is CCC(C)NC(=O)c1c[nH]c(=O)n(C)c1=O. The fourth-order valence-electron chi connectivity index (χ4n) is 1.13. The van der Waals surface area contributed by atoms with Gasteiger partial charge in [0.1, 0.15) is 5.56 Å². The molecule has 0 fully saturated rings. The number of hydrogen-bond acceptors (Lipinski definition) is 3. The van der Waals surface area contributed by atoms with Crippen LogP contribution in [0.3, 0.4) is 0 Å². The zero-order valence-corrected chi connectivity index (χ0v) is 9.53. The quantitative estimate of drug-likeness (QED) is 0.734. The Morgan fingerprint density at radius 2 is 2.19 bits per heavy atom. The fraction of sp³-hybridized carbons (Fsp3) is 0.500. The lowest BCUT2D eigenvalue weighted by Gasteiger charge is -2.10. The highest BCUT2D eigenvalue weighted by Crippen LogP contribution is 1.92. The molecule has 0 aliphatic rings. The summed E-state index contributed by atoms with van der Waals surface area (Å²) in [6, 6.07) is -0.0101. The number of carbonyl (C=O) groups excluding carboxylic acids is 1. The van der Waals surface area contributed by atoms with Crippen molar-refractivity contribution in [2.45, 2.75) is 26.3 Å². The Morgan fingerprint density at radius 1 is 1.56 bits per heavy atom. The first kappa shape index (κ1) is 12.2. The fourth-order valence-corrected chi connectivity index (χ4v) is 1.13. The van der Waals surface area contributed by atoms with Gasteiger partial charge in [-0.15, -0.1) is 0 Å². The van der Waals surface area contributed by atoms with Crippen molar-refractivity contribution in [1.29, 1.82) is 0 Å². The van der Waals surface area contributed by atoms with Crippen molar-refractivity contribution in [2.75, 3.05) is 0 Å². The van der Waals surface area contributed by atoms with E-state index in [4.69, 9.17) is 0 Å². The van der Waals surface area contributed by atoms with Crippen LogP contribution in [-0.4, -0.2) is 21.5 Å². The van der Waals surface area contributed by atoms with Gasteiger partial charge in [-0.3, -0.25) is 14.2 Å². The van der Waals surface area contributed by atoms with Gasteiger partial charge >= 0.3 is 5.69 Å². The number of carbonyl (C=O) groups is 1. The molecule has 0 aromatic carbocycles. The third kappa shape index (κ3) is 2.39. The van der Waals surface area contributed by atoms with E-state index in [2.05, 4.69) is 10.3 Å². The molecule has 1 aromatic heterocycles. The first-order valence-corrected chi connectivity index (χ1v) is 5.07. The van der Waals surface area contributed by atoms with Crippen LogP contribution in [0.15, 0.2) is 15.8 Å². The van der Waals surface area contributed by atoms with Gasteiger partial charge in [0.15, 0.2) is 0 Å². The van der Waals surface area contributed by atoms with Crippen molar-refractivity contribution in [1.82, 2.24) is 14.9 Å². The molecule has 88 valence electrons. The molecule has 1 unspecified atom stereocenters. The van der Waals surface area contributed by atoms with Crippen LogP contribution in [0.5, 0.6) is 0 Å². The highest BCUT2D eigenvalue weighted by atomic mass is 16.2. The lowest BCUT2D eigenvalue weighted by molar-refractivity contribution is 0.0936. The summed E-state index contributed by atoms with van der Waals surface area (Å²) in [7, 11) is 1.32. The Morgan fingerprint density at radius 3 is 2.75 bits per heavy atom. The molecule has 6 heteroatoms. The molecule has 6 nitrogen and oxygen atoms in total. The normalized spacial score (nSPS) is 12.2. The summed E-state index contributed by atoms with van der Waals surface area (Å²) >= 11 is 0. The van der Waals surface area contributed by atoms with Crippen LogP contribution in [0.25, 0.3) is 0 Å². The zero-order chi connectivity index (χ0) is 12.3. The van der Waals surface area contributed by atoms with E-state index in [0.717, 1.165) is 17.2 Å². The van der Waals surface area contributed by atoms with Crippen LogP contribution in [0, 0.1) is 0 Å². The summed E-state index contributed by atoms with van der Waals surface area (Å²) in [5, 5.41) is 2.66. The highest BCUT2D eigenvalue weighted by molar-refractivity contribution is 5.93. The molecule has 1 atom stereocenters. The minimum atomic E-state index is -0.593. The minimum absolute atomic E-state index is 0.0101. The molecular weight excluding hydrogens is 210 g/mol. The molecule has 2 N–H and O–H groups in total. The summed E-state index contributed by atoms with van der Waals surface area (Å²) in [6.07, 6.45) is 1.91. The third-order valence-corrected chi connectivity index (χ3v) is 2.41. The largest absolute Gasteiger partial charge is 0.349 e. The van der Waals surface area contributed by atoms with Gasteiger partial charge in [-0.25, -0.2) is 4.79 Å². The van der Waals surface area contributed by atoms with E-state index in [9.17, 15) is 14.4 Å². The van der Waals surface area contributed by atoms with Gasteiger partial charge in [0.05, 0.1) is 0 Å². The highest BCUT2D eigenvalue weighted by Gasteiger charge is 2.14. The van der Waals surface area contributed by atoms with Gasteiger partial charge in [0.25, 0.3) is 11.5 Å². The van der Waals surface area contributed by atoms with E-state index in [1.165, 1.54) is 7.05 Å². The second-order valence-corrected chi connectivity index (χ2v) is 3.65. The molecule has 16 heavy (non-hydrogen) atoms. The predicted molar refractivity (Wildman–Crippen MR) is 59.5 cm³/mol. The molecule has 0 aliphatic heterocycles. The maximum absolute atomic E-state index is 11.7. The first-order valence-electron chi connectivity index (χ1n) is 5.07. The van der Waals surface area contributed by atoms with Crippen LogP contribution in [0.1, 0.15) is 30.6 Å². The second kappa shape index (κ2) is 4.78. The average molecular weight is 225 g/mol. The van der Waals surface area contributed by atoms with Gasteiger partial charge in [0.2, 0.25) is 0 Å². The van der Waals surface area contributed by atoms with E-state index < -0.39 is 17.2 Å². The van der Waals surface area contributed by atoms with Crippen LogP contribution in [-0.2, 0) is 7.05 Å². The minimum Gasteiger partial charge on any atom is -0.349 e. The van der Waals surface area contributed by atoms with Crippen LogP contribution < -0.4 is 16.6 Å². The Bertz CT molecular complexity index is 501. The Kier molecular flexibility index (Phi) is 3.65. The number of nitrogens with one attached hydrogen (secondary N) is 2. The Hall–Kier alpha value is -1.85. The molecule has 0 radical (unpaired) electrons. The van der Waals surface area contributed by atoms with E-state index in [1.807, 2.05) is 13.8 Å². The molecular formula is C10H15N3O3. The van der Waals surface area contributed by atoms with E-state index in [-0.39, 0.29) is 11.6 Å². The molecule has 1 amide bonds. The van der Waals surface area contributed by atoms with E-state index in [0.29, 0.717) is 0 Å². The van der Waals surface area contributed by atoms with Gasteiger partial charge < -0.3 is 10.3 Å². The predicted octanol–water partition coefficient (Wildman–Crippen LogP) is -0.398. The molecule has 0 spiro atoms. The number of rotatable bonds is 3. The lowest BCUT2D eigenvalue weighted by Crippen LogP contribution is -2.41. The molecule has 1 heterocycles. The first-order chi connectivity index (χ1) is 7.47. The summed E-state index contributed by atoms with van der Waals surface area (Å²) in [4.78, 5) is 36.6. The molecule has 0 saturated heterocycles. The number of amides is 1. The Labute approximate surface area is 92.3 Å². The van der Waals surface area contributed by atoms with E-state index in [1.54, 1.807) is 0 Å². The smallest absolute Gasteiger partial charge is 0.328 e. The topological polar surface area (TPSA) is 84.0 Å². The van der Waals surface area contributed by atoms with Crippen molar-refractivity contribution >= 4 is 5.91 Å². The van der Waals surface area contributed by atoms with Gasteiger partial charge in [0, 0.05) is 19.3 Å². The second-order valence-electron chi connectivity index (χ2n) is 3.65. The molecule has 1 aromatic rings. The van der Waals surface area contributed by atoms with Crippen molar-refractivity contribution in [2.24, 2.45) is 7.05 Å². The Balaban J connectivity index is 3.07. The molecule has 0 bridgehead atoms. The summed E-state index contributed by atoms with van der Waals surface area (Å²) in [6.45, 7) is 3.77. The number of nitrogens with zero attached hydrogens (tertiary/aromatic N) is 1. The summed E-state index contributed by atoms with van der Waals surface area (Å²) in [5.41, 5.74) is -1.18. The van der Waals surface area contributed by atoms with Crippen molar-refractivity contribution in [3.63, 3.8) is 0 Å².